The largest absolute Gasteiger partial charge is 0.486 e. The molecule has 6 nitrogen and oxygen atoms in total. The van der Waals surface area contributed by atoms with Gasteiger partial charge in [0.1, 0.15) is 17.7 Å². The van der Waals surface area contributed by atoms with E-state index in [0.717, 1.165) is 36.6 Å². The van der Waals surface area contributed by atoms with Gasteiger partial charge in [-0.15, -0.1) is 0 Å². The van der Waals surface area contributed by atoms with Crippen molar-refractivity contribution < 1.29 is 9.15 Å². The second-order valence-corrected chi connectivity index (χ2v) is 6.09. The van der Waals surface area contributed by atoms with Gasteiger partial charge in [-0.1, -0.05) is 25.1 Å². The van der Waals surface area contributed by atoms with Crippen molar-refractivity contribution in [1.82, 2.24) is 15.0 Å². The van der Waals surface area contributed by atoms with Crippen molar-refractivity contribution in [3.63, 3.8) is 0 Å². The maximum Gasteiger partial charge on any atom is 0.252 e. The fourth-order valence-electron chi connectivity index (χ4n) is 3.01. The minimum atomic E-state index is 0.163. The monoisotopic (exact) mass is 324 g/mol. The van der Waals surface area contributed by atoms with Gasteiger partial charge in [0.15, 0.2) is 17.2 Å². The highest BCUT2D eigenvalue weighted by atomic mass is 16.5. The Hall–Kier alpha value is -2.63. The first-order valence-corrected chi connectivity index (χ1v) is 8.25. The van der Waals surface area contributed by atoms with Gasteiger partial charge in [0.2, 0.25) is 0 Å². The van der Waals surface area contributed by atoms with Gasteiger partial charge in [-0.05, 0) is 25.0 Å². The third-order valence-corrected chi connectivity index (χ3v) is 4.25. The van der Waals surface area contributed by atoms with Crippen LogP contribution in [-0.2, 0) is 6.42 Å². The number of oxazole rings is 1. The Morgan fingerprint density at radius 3 is 2.75 bits per heavy atom. The molecule has 0 bridgehead atoms. The van der Waals surface area contributed by atoms with Crippen molar-refractivity contribution in [2.45, 2.75) is 33.3 Å². The van der Waals surface area contributed by atoms with E-state index in [9.17, 15) is 0 Å². The lowest BCUT2D eigenvalue weighted by Crippen LogP contribution is -2.54. The number of fused-ring (bicyclic) bond motifs is 1. The highest BCUT2D eigenvalue weighted by molar-refractivity contribution is 5.82. The Bertz CT molecular complexity index is 884. The number of anilines is 1. The Morgan fingerprint density at radius 2 is 1.96 bits per heavy atom. The average Bonchev–Trinajstić information content (AvgIpc) is 2.90. The molecule has 1 aromatic carbocycles. The van der Waals surface area contributed by atoms with E-state index in [0.29, 0.717) is 17.4 Å². The fourth-order valence-corrected chi connectivity index (χ4v) is 3.01. The molecule has 0 radical (unpaired) electrons. The summed E-state index contributed by atoms with van der Waals surface area (Å²) in [6.07, 6.45) is 1.13. The molecule has 0 aliphatic carbocycles. The number of hydrogen-bond donors (Lipinski definition) is 0. The van der Waals surface area contributed by atoms with Gasteiger partial charge in [-0.25, -0.2) is 9.97 Å². The zero-order chi connectivity index (χ0) is 16.7. The number of aromatic nitrogens is 3. The molecule has 3 aromatic rings. The van der Waals surface area contributed by atoms with Crippen LogP contribution in [0.3, 0.4) is 0 Å². The normalized spacial score (nSPS) is 14.9. The lowest BCUT2D eigenvalue weighted by molar-refractivity contribution is 0.165. The SMILES string of the molecule is CCc1ccccc1OC1CN(c2nc(C)nc3oc(C)nc23)C1. The van der Waals surface area contributed by atoms with Crippen molar-refractivity contribution in [2.24, 2.45) is 0 Å². The van der Waals surface area contributed by atoms with Crippen molar-refractivity contribution >= 4 is 17.0 Å². The first-order valence-electron chi connectivity index (χ1n) is 8.25. The average molecular weight is 324 g/mol. The molecule has 1 fully saturated rings. The fraction of sp³-hybridized carbons (Fsp3) is 0.389. The predicted molar refractivity (Wildman–Crippen MR) is 91.5 cm³/mol. The Balaban J connectivity index is 1.52. The van der Waals surface area contributed by atoms with E-state index in [-0.39, 0.29) is 6.10 Å². The molecule has 3 heterocycles. The molecule has 0 N–H and O–H groups in total. The molecule has 1 aliphatic rings. The first kappa shape index (κ1) is 14.9. The Morgan fingerprint density at radius 1 is 1.17 bits per heavy atom. The van der Waals surface area contributed by atoms with Crippen LogP contribution < -0.4 is 9.64 Å². The van der Waals surface area contributed by atoms with Gasteiger partial charge in [0, 0.05) is 6.92 Å². The zero-order valence-corrected chi connectivity index (χ0v) is 14.1. The second kappa shape index (κ2) is 5.78. The van der Waals surface area contributed by atoms with Crippen molar-refractivity contribution in [3.05, 3.63) is 41.5 Å². The predicted octanol–water partition coefficient (Wildman–Crippen LogP) is 3.06. The molecule has 0 atom stereocenters. The summed E-state index contributed by atoms with van der Waals surface area (Å²) in [7, 11) is 0. The highest BCUT2D eigenvalue weighted by Gasteiger charge is 2.32. The van der Waals surface area contributed by atoms with Gasteiger partial charge in [-0.2, -0.15) is 4.98 Å². The van der Waals surface area contributed by atoms with Crippen molar-refractivity contribution in [3.8, 4) is 5.75 Å². The molecule has 0 amide bonds. The third-order valence-electron chi connectivity index (χ3n) is 4.25. The Labute approximate surface area is 140 Å². The van der Waals surface area contributed by atoms with Gasteiger partial charge < -0.3 is 14.1 Å². The van der Waals surface area contributed by atoms with Crippen LogP contribution in [0.4, 0.5) is 5.82 Å². The molecular formula is C18H20N4O2. The van der Waals surface area contributed by atoms with E-state index in [2.05, 4.69) is 32.8 Å². The topological polar surface area (TPSA) is 64.3 Å². The van der Waals surface area contributed by atoms with Crippen LogP contribution in [0.15, 0.2) is 28.7 Å². The van der Waals surface area contributed by atoms with E-state index in [4.69, 9.17) is 9.15 Å². The number of para-hydroxylation sites is 1. The number of rotatable bonds is 4. The number of hydrogen-bond acceptors (Lipinski definition) is 6. The van der Waals surface area contributed by atoms with Crippen LogP contribution in [-0.4, -0.2) is 34.1 Å². The van der Waals surface area contributed by atoms with Crippen LogP contribution in [0, 0.1) is 13.8 Å². The first-order chi connectivity index (χ1) is 11.6. The summed E-state index contributed by atoms with van der Waals surface area (Å²) in [6, 6.07) is 8.21. The molecule has 0 spiro atoms. The molecule has 0 saturated carbocycles. The summed E-state index contributed by atoms with van der Waals surface area (Å²) in [5.74, 6) is 3.11. The highest BCUT2D eigenvalue weighted by Crippen LogP contribution is 2.29. The summed E-state index contributed by atoms with van der Waals surface area (Å²) < 4.78 is 11.7. The molecule has 2 aromatic heterocycles. The minimum absolute atomic E-state index is 0.163. The summed E-state index contributed by atoms with van der Waals surface area (Å²) in [5, 5.41) is 0. The molecule has 1 aliphatic heterocycles. The van der Waals surface area contributed by atoms with Crippen LogP contribution in [0.25, 0.3) is 11.2 Å². The van der Waals surface area contributed by atoms with Gasteiger partial charge in [-0.3, -0.25) is 0 Å². The van der Waals surface area contributed by atoms with Crippen LogP contribution in [0.5, 0.6) is 5.75 Å². The van der Waals surface area contributed by atoms with E-state index in [1.807, 2.05) is 32.0 Å². The molecule has 6 heteroatoms. The smallest absolute Gasteiger partial charge is 0.252 e. The molecule has 1 saturated heterocycles. The number of benzene rings is 1. The lowest BCUT2D eigenvalue weighted by atomic mass is 10.1. The number of nitrogens with zero attached hydrogens (tertiary/aromatic N) is 4. The molecule has 124 valence electrons. The standard InChI is InChI=1S/C18H20N4O2/c1-4-13-7-5-6-8-15(13)24-14-9-22(10-14)17-16-18(20-11(2)19-17)23-12(3)21-16/h5-8,14H,4,9-10H2,1-3H3. The van der Waals surface area contributed by atoms with E-state index in [1.54, 1.807) is 0 Å². The number of ether oxygens (including phenoxy) is 1. The van der Waals surface area contributed by atoms with Gasteiger partial charge >= 0.3 is 0 Å². The second-order valence-electron chi connectivity index (χ2n) is 6.09. The molecule has 24 heavy (non-hydrogen) atoms. The van der Waals surface area contributed by atoms with Crippen LogP contribution >= 0.6 is 0 Å². The summed E-state index contributed by atoms with van der Waals surface area (Å²) in [4.78, 5) is 15.4. The van der Waals surface area contributed by atoms with Crippen molar-refractivity contribution in [1.29, 1.82) is 0 Å². The van der Waals surface area contributed by atoms with Crippen molar-refractivity contribution in [2.75, 3.05) is 18.0 Å². The Kier molecular flexibility index (Phi) is 3.59. The summed E-state index contributed by atoms with van der Waals surface area (Å²) in [6.45, 7) is 7.41. The maximum atomic E-state index is 6.14. The van der Waals surface area contributed by atoms with E-state index in [1.165, 1.54) is 5.56 Å². The molecular weight excluding hydrogens is 304 g/mol. The lowest BCUT2D eigenvalue weighted by Gasteiger charge is -2.40. The zero-order valence-electron chi connectivity index (χ0n) is 14.1. The maximum absolute atomic E-state index is 6.14. The third kappa shape index (κ3) is 2.58. The molecule has 0 unspecified atom stereocenters. The quantitative estimate of drug-likeness (QED) is 0.735. The summed E-state index contributed by atoms with van der Waals surface area (Å²) >= 11 is 0. The van der Waals surface area contributed by atoms with Crippen LogP contribution in [0.2, 0.25) is 0 Å². The van der Waals surface area contributed by atoms with Gasteiger partial charge in [0.25, 0.3) is 5.71 Å². The van der Waals surface area contributed by atoms with E-state index < -0.39 is 0 Å². The number of aryl methyl sites for hydroxylation is 3. The minimum Gasteiger partial charge on any atom is -0.486 e. The van der Waals surface area contributed by atoms with Gasteiger partial charge in [0.05, 0.1) is 13.1 Å². The molecule has 4 rings (SSSR count). The van der Waals surface area contributed by atoms with E-state index >= 15 is 0 Å². The summed E-state index contributed by atoms with van der Waals surface area (Å²) in [5.41, 5.74) is 2.52. The van der Waals surface area contributed by atoms with Crippen LogP contribution in [0.1, 0.15) is 24.2 Å².